The van der Waals surface area contributed by atoms with Gasteiger partial charge in [0.15, 0.2) is 5.96 Å². The second-order valence-corrected chi connectivity index (χ2v) is 4.12. The van der Waals surface area contributed by atoms with Crippen molar-refractivity contribution in [2.24, 2.45) is 4.99 Å². The summed E-state index contributed by atoms with van der Waals surface area (Å²) in [5.74, 6) is 1.81. The Morgan fingerprint density at radius 2 is 1.89 bits per heavy atom. The van der Waals surface area contributed by atoms with E-state index in [0.29, 0.717) is 6.61 Å². The highest BCUT2D eigenvalue weighted by atomic mass is 16.5. The molecule has 0 unspecified atom stereocenters. The maximum atomic E-state index is 5.49. The van der Waals surface area contributed by atoms with Gasteiger partial charge < -0.3 is 15.4 Å². The molecule has 0 spiro atoms. The monoisotopic (exact) mass is 263 g/mol. The standard InChI is InChI=1S/C15H25N3O/c1-4-16-15(17-5-2)18-11-10-13-8-7-9-14(12-13)19-6-3/h7-9,12H,4-6,10-11H2,1-3H3,(H2,16,17,18). The second kappa shape index (κ2) is 9.25. The molecule has 4 nitrogen and oxygen atoms in total. The molecule has 0 aliphatic carbocycles. The molecule has 4 heteroatoms. The van der Waals surface area contributed by atoms with Crippen molar-refractivity contribution in [2.45, 2.75) is 27.2 Å². The SMILES string of the molecule is CCNC(=NCCc1cccc(OCC)c1)NCC. The highest BCUT2D eigenvalue weighted by Gasteiger charge is 1.97. The minimum Gasteiger partial charge on any atom is -0.494 e. The van der Waals surface area contributed by atoms with E-state index in [9.17, 15) is 0 Å². The van der Waals surface area contributed by atoms with E-state index in [0.717, 1.165) is 37.8 Å². The van der Waals surface area contributed by atoms with Crippen LogP contribution < -0.4 is 15.4 Å². The highest BCUT2D eigenvalue weighted by Crippen LogP contribution is 2.13. The van der Waals surface area contributed by atoms with Crippen molar-refractivity contribution >= 4 is 5.96 Å². The van der Waals surface area contributed by atoms with Gasteiger partial charge in [0.2, 0.25) is 0 Å². The van der Waals surface area contributed by atoms with Crippen LogP contribution in [0.15, 0.2) is 29.3 Å². The Hall–Kier alpha value is -1.71. The normalized spacial score (nSPS) is 9.84. The van der Waals surface area contributed by atoms with Gasteiger partial charge in [0, 0.05) is 19.6 Å². The van der Waals surface area contributed by atoms with Crippen LogP contribution in [0, 0.1) is 0 Å². The van der Waals surface area contributed by atoms with Gasteiger partial charge in [-0.15, -0.1) is 0 Å². The Bertz CT molecular complexity index is 383. The van der Waals surface area contributed by atoms with Gasteiger partial charge in [0.25, 0.3) is 0 Å². The van der Waals surface area contributed by atoms with Gasteiger partial charge in [-0.25, -0.2) is 0 Å². The Balaban J connectivity index is 2.50. The quantitative estimate of drug-likeness (QED) is 0.585. The fourth-order valence-electron chi connectivity index (χ4n) is 1.76. The fourth-order valence-corrected chi connectivity index (χ4v) is 1.76. The Labute approximate surface area is 116 Å². The first kappa shape index (κ1) is 15.3. The third-order valence-electron chi connectivity index (χ3n) is 2.57. The lowest BCUT2D eigenvalue weighted by molar-refractivity contribution is 0.340. The zero-order valence-electron chi connectivity index (χ0n) is 12.2. The predicted octanol–water partition coefficient (Wildman–Crippen LogP) is 2.20. The van der Waals surface area contributed by atoms with Crippen molar-refractivity contribution < 1.29 is 4.74 Å². The third kappa shape index (κ3) is 6.13. The minimum absolute atomic E-state index is 0.701. The van der Waals surface area contributed by atoms with Gasteiger partial charge in [0.05, 0.1) is 6.61 Å². The zero-order chi connectivity index (χ0) is 13.9. The van der Waals surface area contributed by atoms with Crippen LogP contribution in [-0.4, -0.2) is 32.2 Å². The number of nitrogens with one attached hydrogen (secondary N) is 2. The first-order valence-electron chi connectivity index (χ1n) is 7.04. The molecule has 0 saturated carbocycles. The van der Waals surface area contributed by atoms with E-state index in [1.807, 2.05) is 19.1 Å². The number of nitrogens with zero attached hydrogens (tertiary/aromatic N) is 1. The molecule has 0 heterocycles. The topological polar surface area (TPSA) is 45.7 Å². The summed E-state index contributed by atoms with van der Waals surface area (Å²) in [7, 11) is 0. The molecule has 1 rings (SSSR count). The third-order valence-corrected chi connectivity index (χ3v) is 2.57. The zero-order valence-corrected chi connectivity index (χ0v) is 12.2. The van der Waals surface area contributed by atoms with Crippen molar-refractivity contribution in [3.63, 3.8) is 0 Å². The number of hydrogen-bond acceptors (Lipinski definition) is 2. The molecule has 0 aliphatic rings. The number of guanidine groups is 1. The van der Waals surface area contributed by atoms with E-state index in [-0.39, 0.29) is 0 Å². The largest absolute Gasteiger partial charge is 0.494 e. The number of ether oxygens (including phenoxy) is 1. The summed E-state index contributed by atoms with van der Waals surface area (Å²) in [6, 6.07) is 8.20. The van der Waals surface area contributed by atoms with Crippen LogP contribution in [0.2, 0.25) is 0 Å². The molecule has 0 bridgehead atoms. The van der Waals surface area contributed by atoms with E-state index >= 15 is 0 Å². The van der Waals surface area contributed by atoms with E-state index in [4.69, 9.17) is 4.74 Å². The summed E-state index contributed by atoms with van der Waals surface area (Å²) < 4.78 is 5.49. The van der Waals surface area contributed by atoms with Crippen LogP contribution in [0.1, 0.15) is 26.3 Å². The van der Waals surface area contributed by atoms with Crippen LogP contribution in [0.4, 0.5) is 0 Å². The maximum absolute atomic E-state index is 5.49. The van der Waals surface area contributed by atoms with Gasteiger partial charge >= 0.3 is 0 Å². The predicted molar refractivity (Wildman–Crippen MR) is 81.0 cm³/mol. The molecule has 1 aromatic carbocycles. The number of hydrogen-bond donors (Lipinski definition) is 2. The molecule has 0 saturated heterocycles. The molecule has 0 fully saturated rings. The van der Waals surface area contributed by atoms with Crippen molar-refractivity contribution in [2.75, 3.05) is 26.2 Å². The van der Waals surface area contributed by atoms with E-state index in [1.165, 1.54) is 5.56 Å². The average Bonchev–Trinajstić information content (AvgIpc) is 2.40. The lowest BCUT2D eigenvalue weighted by atomic mass is 10.1. The van der Waals surface area contributed by atoms with Crippen molar-refractivity contribution in [3.05, 3.63) is 29.8 Å². The van der Waals surface area contributed by atoms with Gasteiger partial charge in [-0.05, 0) is 44.9 Å². The lowest BCUT2D eigenvalue weighted by Crippen LogP contribution is -2.37. The summed E-state index contributed by atoms with van der Waals surface area (Å²) in [5, 5.41) is 6.43. The summed E-state index contributed by atoms with van der Waals surface area (Å²) in [6.45, 7) is 9.36. The van der Waals surface area contributed by atoms with E-state index in [2.05, 4.69) is 41.6 Å². The second-order valence-electron chi connectivity index (χ2n) is 4.12. The Morgan fingerprint density at radius 3 is 2.53 bits per heavy atom. The van der Waals surface area contributed by atoms with Gasteiger partial charge in [-0.1, -0.05) is 12.1 Å². The molecule has 0 atom stereocenters. The van der Waals surface area contributed by atoms with Gasteiger partial charge in [0.1, 0.15) is 5.75 Å². The molecule has 106 valence electrons. The molecule has 19 heavy (non-hydrogen) atoms. The van der Waals surface area contributed by atoms with Crippen molar-refractivity contribution in [3.8, 4) is 5.75 Å². The van der Waals surface area contributed by atoms with Gasteiger partial charge in [-0.3, -0.25) is 4.99 Å². The summed E-state index contributed by atoms with van der Waals surface area (Å²) in [5.41, 5.74) is 1.25. The molecule has 0 aromatic heterocycles. The number of benzene rings is 1. The summed E-state index contributed by atoms with van der Waals surface area (Å²) >= 11 is 0. The smallest absolute Gasteiger partial charge is 0.191 e. The molecular formula is C15H25N3O. The maximum Gasteiger partial charge on any atom is 0.191 e. The summed E-state index contributed by atoms with van der Waals surface area (Å²) in [4.78, 5) is 4.53. The van der Waals surface area contributed by atoms with E-state index in [1.54, 1.807) is 0 Å². The Morgan fingerprint density at radius 1 is 1.16 bits per heavy atom. The van der Waals surface area contributed by atoms with Gasteiger partial charge in [-0.2, -0.15) is 0 Å². The molecule has 1 aromatic rings. The van der Waals surface area contributed by atoms with Crippen LogP contribution in [0.25, 0.3) is 0 Å². The van der Waals surface area contributed by atoms with Crippen molar-refractivity contribution in [1.82, 2.24) is 10.6 Å². The van der Waals surface area contributed by atoms with Crippen LogP contribution in [0.3, 0.4) is 0 Å². The minimum atomic E-state index is 0.701. The number of aliphatic imine (C=N–C) groups is 1. The first-order valence-corrected chi connectivity index (χ1v) is 7.04. The van der Waals surface area contributed by atoms with Crippen LogP contribution >= 0.6 is 0 Å². The first-order chi connectivity index (χ1) is 9.30. The highest BCUT2D eigenvalue weighted by molar-refractivity contribution is 5.79. The Kier molecular flexibility index (Phi) is 7.47. The lowest BCUT2D eigenvalue weighted by Gasteiger charge is -2.09. The molecule has 0 amide bonds. The van der Waals surface area contributed by atoms with Crippen LogP contribution in [0.5, 0.6) is 5.75 Å². The summed E-state index contributed by atoms with van der Waals surface area (Å²) in [6.07, 6.45) is 0.918. The fraction of sp³-hybridized carbons (Fsp3) is 0.533. The van der Waals surface area contributed by atoms with Crippen LogP contribution in [-0.2, 0) is 6.42 Å². The molecule has 0 aliphatic heterocycles. The molecule has 2 N–H and O–H groups in total. The average molecular weight is 263 g/mol. The van der Waals surface area contributed by atoms with Crippen molar-refractivity contribution in [1.29, 1.82) is 0 Å². The molecule has 0 radical (unpaired) electrons. The number of rotatable bonds is 7. The molecular weight excluding hydrogens is 238 g/mol. The van der Waals surface area contributed by atoms with E-state index < -0.39 is 0 Å².